The van der Waals surface area contributed by atoms with E-state index in [1.165, 1.54) is 11.3 Å². The Morgan fingerprint density at radius 3 is 2.50 bits per heavy atom. The van der Waals surface area contributed by atoms with Gasteiger partial charge in [-0.25, -0.2) is 4.98 Å². The number of fused-ring (bicyclic) bond motifs is 1. The Bertz CT molecular complexity index is 921. The van der Waals surface area contributed by atoms with Crippen LogP contribution in [0.3, 0.4) is 0 Å². The molecule has 3 aromatic rings. The molecule has 4 rings (SSSR count). The van der Waals surface area contributed by atoms with E-state index in [0.717, 1.165) is 20.1 Å². The summed E-state index contributed by atoms with van der Waals surface area (Å²) in [7, 11) is 0. The normalized spacial score (nSPS) is 15.1. The molecule has 1 fully saturated rings. The smallest absolute Gasteiger partial charge is 0.264 e. The number of aromatic nitrogens is 1. The molecule has 2 amide bonds. The van der Waals surface area contributed by atoms with Crippen LogP contribution in [-0.4, -0.2) is 52.8 Å². The summed E-state index contributed by atoms with van der Waals surface area (Å²) in [6.45, 7) is 2.25. The summed E-state index contributed by atoms with van der Waals surface area (Å²) in [6.07, 6.45) is 3.35. The first kappa shape index (κ1) is 16.9. The van der Waals surface area contributed by atoms with E-state index in [1.54, 1.807) is 28.4 Å². The third-order valence-electron chi connectivity index (χ3n) is 4.29. The van der Waals surface area contributed by atoms with Crippen molar-refractivity contribution in [3.05, 3.63) is 57.7 Å². The number of thiazole rings is 1. The topological polar surface area (TPSA) is 53.5 Å². The first-order valence-corrected chi connectivity index (χ1v) is 10.1. The molecule has 132 valence electrons. The van der Waals surface area contributed by atoms with Crippen LogP contribution in [0.25, 0.3) is 16.3 Å². The minimum absolute atomic E-state index is 0.0347. The number of benzene rings is 1. The predicted molar refractivity (Wildman–Crippen MR) is 105 cm³/mol. The standard InChI is InChI=1S/C19H17N3O2S2/c23-18(8-7-17-20-14-4-1-2-5-15(14)26-17)21-9-11-22(12-10-21)19(24)16-6-3-13-25-16/h1-8,13H,9-12H2. The molecule has 1 aliphatic rings. The number of piperazine rings is 1. The number of carbonyl (C=O) groups excluding carboxylic acids is 2. The average molecular weight is 383 g/mol. The third kappa shape index (κ3) is 3.54. The molecule has 0 radical (unpaired) electrons. The van der Waals surface area contributed by atoms with Crippen LogP contribution in [0.5, 0.6) is 0 Å². The van der Waals surface area contributed by atoms with Crippen molar-refractivity contribution in [2.45, 2.75) is 0 Å². The van der Waals surface area contributed by atoms with Crippen molar-refractivity contribution in [1.82, 2.24) is 14.8 Å². The van der Waals surface area contributed by atoms with Crippen LogP contribution in [0.1, 0.15) is 14.7 Å². The van der Waals surface area contributed by atoms with Gasteiger partial charge in [0.25, 0.3) is 5.91 Å². The molecule has 3 heterocycles. The highest BCUT2D eigenvalue weighted by molar-refractivity contribution is 7.19. The summed E-state index contributed by atoms with van der Waals surface area (Å²) in [4.78, 5) is 33.6. The number of rotatable bonds is 3. The van der Waals surface area contributed by atoms with Gasteiger partial charge in [-0.3, -0.25) is 9.59 Å². The molecule has 26 heavy (non-hydrogen) atoms. The van der Waals surface area contributed by atoms with Crippen molar-refractivity contribution >= 4 is 50.8 Å². The SMILES string of the molecule is O=C(C=Cc1nc2ccccc2s1)N1CCN(C(=O)c2cccs2)CC1. The molecule has 0 spiro atoms. The third-order valence-corrected chi connectivity index (χ3v) is 6.15. The number of para-hydroxylation sites is 1. The zero-order chi connectivity index (χ0) is 17.9. The van der Waals surface area contributed by atoms with Crippen LogP contribution in [0.2, 0.25) is 0 Å². The molecule has 7 heteroatoms. The summed E-state index contributed by atoms with van der Waals surface area (Å²) in [5.74, 6) is 0.0181. The number of hydrogen-bond donors (Lipinski definition) is 0. The molecule has 0 atom stereocenters. The summed E-state index contributed by atoms with van der Waals surface area (Å²) in [5, 5.41) is 2.73. The number of nitrogens with zero attached hydrogens (tertiary/aromatic N) is 3. The maximum absolute atomic E-state index is 12.4. The molecule has 0 saturated carbocycles. The molecular formula is C19H17N3O2S2. The maximum atomic E-state index is 12.4. The fourth-order valence-corrected chi connectivity index (χ4v) is 4.46. The Morgan fingerprint density at radius 1 is 1.00 bits per heavy atom. The Labute approximate surface area is 159 Å². The lowest BCUT2D eigenvalue weighted by molar-refractivity contribution is -0.127. The lowest BCUT2D eigenvalue weighted by Gasteiger charge is -2.34. The van der Waals surface area contributed by atoms with Crippen LogP contribution in [0.15, 0.2) is 47.9 Å². The maximum Gasteiger partial charge on any atom is 0.264 e. The van der Waals surface area contributed by atoms with E-state index in [4.69, 9.17) is 0 Å². The largest absolute Gasteiger partial charge is 0.336 e. The summed E-state index contributed by atoms with van der Waals surface area (Å²) < 4.78 is 1.11. The first-order chi connectivity index (χ1) is 12.7. The summed E-state index contributed by atoms with van der Waals surface area (Å²) in [5.41, 5.74) is 0.949. The Kier molecular flexibility index (Phi) is 4.81. The summed E-state index contributed by atoms with van der Waals surface area (Å²) in [6, 6.07) is 11.6. The van der Waals surface area contributed by atoms with Crippen LogP contribution in [0, 0.1) is 0 Å². The molecule has 0 N–H and O–H groups in total. The summed E-state index contributed by atoms with van der Waals surface area (Å²) >= 11 is 3.02. The lowest BCUT2D eigenvalue weighted by atomic mass is 10.2. The Hall–Kier alpha value is -2.51. The first-order valence-electron chi connectivity index (χ1n) is 8.36. The van der Waals surface area contributed by atoms with Gasteiger partial charge >= 0.3 is 0 Å². The Morgan fingerprint density at radius 2 is 1.77 bits per heavy atom. The fraction of sp³-hybridized carbons (Fsp3) is 0.211. The highest BCUT2D eigenvalue weighted by Crippen LogP contribution is 2.22. The molecule has 2 aromatic heterocycles. The van der Waals surface area contributed by atoms with E-state index in [2.05, 4.69) is 4.98 Å². The molecule has 1 saturated heterocycles. The van der Waals surface area contributed by atoms with Crippen molar-refractivity contribution in [2.75, 3.05) is 26.2 Å². The molecule has 5 nitrogen and oxygen atoms in total. The fourth-order valence-electron chi connectivity index (χ4n) is 2.90. The van der Waals surface area contributed by atoms with E-state index < -0.39 is 0 Å². The van der Waals surface area contributed by atoms with Gasteiger partial charge in [0.05, 0.1) is 15.1 Å². The number of thiophene rings is 1. The van der Waals surface area contributed by atoms with Crippen molar-refractivity contribution in [2.24, 2.45) is 0 Å². The van der Waals surface area contributed by atoms with Crippen molar-refractivity contribution in [3.63, 3.8) is 0 Å². The lowest BCUT2D eigenvalue weighted by Crippen LogP contribution is -2.50. The molecule has 0 aliphatic carbocycles. The molecule has 1 aromatic carbocycles. The quantitative estimate of drug-likeness (QED) is 0.652. The second kappa shape index (κ2) is 7.39. The van der Waals surface area contributed by atoms with Crippen molar-refractivity contribution in [1.29, 1.82) is 0 Å². The molecule has 1 aliphatic heterocycles. The number of hydrogen-bond acceptors (Lipinski definition) is 5. The van der Waals surface area contributed by atoms with E-state index in [1.807, 2.05) is 46.7 Å². The van der Waals surface area contributed by atoms with Gasteiger partial charge in [0, 0.05) is 32.3 Å². The molecule has 0 bridgehead atoms. The molecule has 0 unspecified atom stereocenters. The van der Waals surface area contributed by atoms with Gasteiger partial charge in [-0.05, 0) is 29.7 Å². The van der Waals surface area contributed by atoms with Crippen molar-refractivity contribution < 1.29 is 9.59 Å². The monoisotopic (exact) mass is 383 g/mol. The number of carbonyl (C=O) groups is 2. The molecular weight excluding hydrogens is 366 g/mol. The zero-order valence-electron chi connectivity index (χ0n) is 14.0. The van der Waals surface area contributed by atoms with Crippen LogP contribution in [0.4, 0.5) is 0 Å². The van der Waals surface area contributed by atoms with E-state index in [9.17, 15) is 9.59 Å². The highest BCUT2D eigenvalue weighted by Gasteiger charge is 2.24. The van der Waals surface area contributed by atoms with Crippen LogP contribution >= 0.6 is 22.7 Å². The van der Waals surface area contributed by atoms with Gasteiger partial charge in [-0.15, -0.1) is 22.7 Å². The van der Waals surface area contributed by atoms with E-state index >= 15 is 0 Å². The average Bonchev–Trinajstić information content (AvgIpc) is 3.35. The van der Waals surface area contributed by atoms with Crippen molar-refractivity contribution in [3.8, 4) is 0 Å². The highest BCUT2D eigenvalue weighted by atomic mass is 32.1. The predicted octanol–water partition coefficient (Wildman–Crippen LogP) is 3.36. The van der Waals surface area contributed by atoms with Gasteiger partial charge in [-0.2, -0.15) is 0 Å². The van der Waals surface area contributed by atoms with E-state index in [0.29, 0.717) is 26.2 Å². The van der Waals surface area contributed by atoms with Gasteiger partial charge < -0.3 is 9.80 Å². The van der Waals surface area contributed by atoms with E-state index in [-0.39, 0.29) is 11.8 Å². The van der Waals surface area contributed by atoms with Crippen LogP contribution < -0.4 is 0 Å². The minimum atomic E-state index is -0.0347. The zero-order valence-corrected chi connectivity index (χ0v) is 15.6. The second-order valence-electron chi connectivity index (χ2n) is 5.95. The van der Waals surface area contributed by atoms with Gasteiger partial charge in [0.1, 0.15) is 5.01 Å². The second-order valence-corrected chi connectivity index (χ2v) is 7.96. The minimum Gasteiger partial charge on any atom is -0.336 e. The van der Waals surface area contributed by atoms with Gasteiger partial charge in [-0.1, -0.05) is 18.2 Å². The Balaban J connectivity index is 1.35. The van der Waals surface area contributed by atoms with Gasteiger partial charge in [0.2, 0.25) is 5.91 Å². The van der Waals surface area contributed by atoms with Crippen LogP contribution in [-0.2, 0) is 4.79 Å². The van der Waals surface area contributed by atoms with Gasteiger partial charge in [0.15, 0.2) is 0 Å². The number of amides is 2.